The van der Waals surface area contributed by atoms with E-state index in [9.17, 15) is 9.59 Å². The highest BCUT2D eigenvalue weighted by Gasteiger charge is 2.49. The number of rotatable bonds is 7. The molecule has 3 saturated heterocycles. The van der Waals surface area contributed by atoms with Gasteiger partial charge in [-0.3, -0.25) is 4.79 Å². The molecule has 33 heavy (non-hydrogen) atoms. The molecule has 2 aromatic carbocycles. The van der Waals surface area contributed by atoms with E-state index >= 15 is 0 Å². The van der Waals surface area contributed by atoms with Crippen molar-refractivity contribution < 1.29 is 23.5 Å². The fraction of sp³-hybridized carbons (Fsp3) is 0.333. The van der Waals surface area contributed by atoms with E-state index in [0.717, 1.165) is 41.9 Å². The highest BCUT2D eigenvalue weighted by molar-refractivity contribution is 7.12. The molecule has 3 fully saturated rings. The number of ketones is 1. The van der Waals surface area contributed by atoms with Gasteiger partial charge in [0, 0.05) is 18.8 Å². The van der Waals surface area contributed by atoms with Gasteiger partial charge in [-0.25, -0.2) is 4.79 Å². The molecule has 4 heterocycles. The minimum absolute atomic E-state index is 0.180. The fourth-order valence-electron chi connectivity index (χ4n) is 5.23. The summed E-state index contributed by atoms with van der Waals surface area (Å²) in [6.07, 6.45) is 0.550. The van der Waals surface area contributed by atoms with Crippen LogP contribution in [0.2, 0.25) is 0 Å². The molecule has 0 spiro atoms. The fourth-order valence-corrected chi connectivity index (χ4v) is 5.89. The van der Waals surface area contributed by atoms with Gasteiger partial charge in [0.1, 0.15) is 13.1 Å². The maximum absolute atomic E-state index is 12.9. The van der Waals surface area contributed by atoms with Gasteiger partial charge in [0.15, 0.2) is 12.2 Å². The predicted octanol–water partition coefficient (Wildman–Crippen LogP) is 5.48. The number of quaternary nitrogens is 1. The van der Waals surface area contributed by atoms with Crippen molar-refractivity contribution in [2.24, 2.45) is 5.92 Å². The van der Waals surface area contributed by atoms with Crippen LogP contribution in [0.5, 0.6) is 0 Å². The Morgan fingerprint density at radius 1 is 0.909 bits per heavy atom. The van der Waals surface area contributed by atoms with Gasteiger partial charge in [-0.05, 0) is 22.6 Å². The summed E-state index contributed by atoms with van der Waals surface area (Å²) >= 11 is 1.49. The lowest BCUT2D eigenvalue weighted by Gasteiger charge is -2.51. The Balaban J connectivity index is 1.27. The second-order valence-electron chi connectivity index (χ2n) is 9.09. The minimum atomic E-state index is -0.644. The third-order valence-electron chi connectivity index (χ3n) is 6.98. The van der Waals surface area contributed by atoms with Gasteiger partial charge in [-0.2, -0.15) is 0 Å². The van der Waals surface area contributed by atoms with Crippen molar-refractivity contribution in [1.82, 2.24) is 0 Å². The van der Waals surface area contributed by atoms with Gasteiger partial charge >= 0.3 is 6.16 Å². The van der Waals surface area contributed by atoms with Crippen LogP contribution in [0.15, 0.2) is 78.2 Å². The molecule has 1 unspecified atom stereocenters. The summed E-state index contributed by atoms with van der Waals surface area (Å²) < 4.78 is 12.5. The van der Waals surface area contributed by atoms with Gasteiger partial charge in [-0.1, -0.05) is 66.7 Å². The molecule has 6 heteroatoms. The molecule has 0 radical (unpaired) electrons. The molecule has 3 aliphatic rings. The highest BCUT2D eigenvalue weighted by atomic mass is 32.1. The molecule has 6 rings (SSSR count). The first-order chi connectivity index (χ1) is 16.1. The standard InChI is InChI=1S/C27H28NO4S/c29-23(25-12-7-17-33-25)18-28-15-13-20(14-16-28)24(19-28)31-27(30)32-26(21-8-3-1-4-9-21)22-10-5-2-6-11-22/h1-12,17,20,24,26H,13-16,18-19H2/q+1. The van der Waals surface area contributed by atoms with E-state index in [1.54, 1.807) is 0 Å². The molecule has 0 aliphatic carbocycles. The molecule has 0 amide bonds. The summed E-state index contributed by atoms with van der Waals surface area (Å²) in [6, 6.07) is 23.2. The maximum atomic E-state index is 12.9. The lowest BCUT2D eigenvalue weighted by molar-refractivity contribution is -0.938. The topological polar surface area (TPSA) is 52.6 Å². The number of carbonyl (C=O) groups excluding carboxylic acids is 2. The molecule has 1 atom stereocenters. The number of thiophene rings is 1. The molecule has 0 saturated carbocycles. The van der Waals surface area contributed by atoms with E-state index < -0.39 is 12.3 Å². The smallest absolute Gasteiger partial charge is 0.425 e. The number of piperidine rings is 3. The van der Waals surface area contributed by atoms with Crippen LogP contribution < -0.4 is 0 Å². The van der Waals surface area contributed by atoms with E-state index in [-0.39, 0.29) is 11.9 Å². The largest absolute Gasteiger partial charge is 0.509 e. The number of benzene rings is 2. The van der Waals surface area contributed by atoms with Crippen LogP contribution >= 0.6 is 11.3 Å². The number of fused-ring (bicyclic) bond motifs is 3. The van der Waals surface area contributed by atoms with Crippen molar-refractivity contribution in [3.8, 4) is 0 Å². The molecule has 5 nitrogen and oxygen atoms in total. The summed E-state index contributed by atoms with van der Waals surface area (Å²) in [5, 5.41) is 1.94. The monoisotopic (exact) mass is 462 g/mol. The molecular weight excluding hydrogens is 434 g/mol. The summed E-state index contributed by atoms with van der Waals surface area (Å²) in [6.45, 7) is 3.08. The normalized spacial score (nSPS) is 23.9. The van der Waals surface area contributed by atoms with Gasteiger partial charge in [0.2, 0.25) is 5.78 Å². The summed E-state index contributed by atoms with van der Waals surface area (Å²) in [4.78, 5) is 26.6. The van der Waals surface area contributed by atoms with E-state index in [0.29, 0.717) is 23.5 Å². The second kappa shape index (κ2) is 9.49. The molecule has 3 aromatic rings. The Hall–Kier alpha value is -2.96. The Kier molecular flexibility index (Phi) is 6.29. The van der Waals surface area contributed by atoms with Crippen LogP contribution in [0.25, 0.3) is 0 Å². The third kappa shape index (κ3) is 4.87. The van der Waals surface area contributed by atoms with Crippen LogP contribution in [-0.4, -0.2) is 48.7 Å². The minimum Gasteiger partial charge on any atom is -0.425 e. The van der Waals surface area contributed by atoms with Crippen LogP contribution in [0.3, 0.4) is 0 Å². The van der Waals surface area contributed by atoms with Crippen LogP contribution in [0.4, 0.5) is 4.79 Å². The molecule has 0 N–H and O–H groups in total. The Labute approximate surface area is 198 Å². The molecule has 1 aromatic heterocycles. The Bertz CT molecular complexity index is 1040. The zero-order valence-electron chi connectivity index (χ0n) is 18.5. The number of hydrogen-bond donors (Lipinski definition) is 0. The number of Topliss-reactive ketones (excluding diaryl/α,β-unsaturated/α-hetero) is 1. The van der Waals surface area contributed by atoms with Gasteiger partial charge < -0.3 is 14.0 Å². The first-order valence-electron chi connectivity index (χ1n) is 11.5. The Morgan fingerprint density at radius 3 is 2.12 bits per heavy atom. The van der Waals surface area contributed by atoms with Crippen molar-refractivity contribution in [3.63, 3.8) is 0 Å². The Morgan fingerprint density at radius 2 is 1.55 bits per heavy atom. The van der Waals surface area contributed by atoms with Crippen molar-refractivity contribution in [2.45, 2.75) is 25.0 Å². The molecule has 3 aliphatic heterocycles. The zero-order chi connectivity index (χ0) is 22.7. The lowest BCUT2D eigenvalue weighted by Crippen LogP contribution is -2.65. The van der Waals surface area contributed by atoms with Gasteiger partial charge in [0.05, 0.1) is 18.0 Å². The number of hydrogen-bond acceptors (Lipinski definition) is 5. The average molecular weight is 463 g/mol. The first-order valence-corrected chi connectivity index (χ1v) is 12.4. The van der Waals surface area contributed by atoms with Crippen molar-refractivity contribution in [1.29, 1.82) is 0 Å². The quantitative estimate of drug-likeness (QED) is 0.265. The molecular formula is C27H28NO4S+. The van der Waals surface area contributed by atoms with Gasteiger partial charge in [0.25, 0.3) is 0 Å². The van der Waals surface area contributed by atoms with Crippen LogP contribution in [-0.2, 0) is 9.47 Å². The van der Waals surface area contributed by atoms with E-state index in [2.05, 4.69) is 0 Å². The van der Waals surface area contributed by atoms with Crippen molar-refractivity contribution in [3.05, 3.63) is 94.2 Å². The second-order valence-corrected chi connectivity index (χ2v) is 10.0. The zero-order valence-corrected chi connectivity index (χ0v) is 19.3. The predicted molar refractivity (Wildman–Crippen MR) is 127 cm³/mol. The summed E-state index contributed by atoms with van der Waals surface area (Å²) in [5.41, 5.74) is 1.80. The number of carbonyl (C=O) groups is 2. The first kappa shape index (κ1) is 21.9. The molecule has 170 valence electrons. The number of ether oxygens (including phenoxy) is 2. The van der Waals surface area contributed by atoms with E-state index in [1.807, 2.05) is 78.2 Å². The van der Waals surface area contributed by atoms with Crippen LogP contribution in [0.1, 0.15) is 39.7 Å². The van der Waals surface area contributed by atoms with Crippen LogP contribution in [0, 0.1) is 5.92 Å². The highest BCUT2D eigenvalue weighted by Crippen LogP contribution is 2.36. The number of nitrogens with zero attached hydrogens (tertiary/aromatic N) is 1. The van der Waals surface area contributed by atoms with E-state index in [4.69, 9.17) is 9.47 Å². The summed E-state index contributed by atoms with van der Waals surface area (Å²) in [5.74, 6) is 0.515. The van der Waals surface area contributed by atoms with Crippen molar-refractivity contribution >= 4 is 23.3 Å². The van der Waals surface area contributed by atoms with E-state index in [1.165, 1.54) is 11.3 Å². The van der Waals surface area contributed by atoms with Gasteiger partial charge in [-0.15, -0.1) is 11.3 Å². The lowest BCUT2D eigenvalue weighted by atomic mass is 9.83. The molecule has 2 bridgehead atoms. The maximum Gasteiger partial charge on any atom is 0.509 e. The third-order valence-corrected chi connectivity index (χ3v) is 7.89. The SMILES string of the molecule is O=C(OC(c1ccccc1)c1ccccc1)OC1C[N+]2(CC(=O)c3cccs3)CCC1CC2. The average Bonchev–Trinajstić information content (AvgIpc) is 3.40. The summed E-state index contributed by atoms with van der Waals surface area (Å²) in [7, 11) is 0. The van der Waals surface area contributed by atoms with Crippen molar-refractivity contribution in [2.75, 3.05) is 26.2 Å².